The van der Waals surface area contributed by atoms with Crippen molar-refractivity contribution in [3.63, 3.8) is 0 Å². The Kier molecular flexibility index (Phi) is 2.69. The normalized spacial score (nSPS) is 21.8. The number of ketones is 2. The maximum atomic E-state index is 12.7. The van der Waals surface area contributed by atoms with Crippen molar-refractivity contribution in [3.05, 3.63) is 58.1 Å². The highest BCUT2D eigenvalue weighted by molar-refractivity contribution is 6.30. The number of ether oxygens (including phenoxy) is 1. The summed E-state index contributed by atoms with van der Waals surface area (Å²) in [7, 11) is 0. The molecule has 1 aliphatic carbocycles. The first-order valence-electron chi connectivity index (χ1n) is 7.31. The number of phenolic OH excluding ortho intramolecular Hbond substituents is 2. The fourth-order valence-electron chi connectivity index (χ4n) is 3.06. The van der Waals surface area contributed by atoms with Gasteiger partial charge in [0.05, 0.1) is 23.3 Å². The summed E-state index contributed by atoms with van der Waals surface area (Å²) in [5, 5.41) is 20.4. The Balaban J connectivity index is 1.89. The minimum Gasteiger partial charge on any atom is -0.507 e. The average molecular weight is 310 g/mol. The molecule has 5 heteroatoms. The molecule has 2 N–H and O–H groups in total. The second-order valence-electron chi connectivity index (χ2n) is 6.27. The minimum atomic E-state index is -0.455. The molecule has 4 rings (SSSR count). The summed E-state index contributed by atoms with van der Waals surface area (Å²) in [5.74, 6) is -1.31. The molecule has 5 nitrogen and oxygen atoms in total. The molecule has 116 valence electrons. The van der Waals surface area contributed by atoms with E-state index in [0.717, 1.165) is 0 Å². The Hall–Kier alpha value is -2.66. The number of hydrogen-bond donors (Lipinski definition) is 2. The van der Waals surface area contributed by atoms with Crippen molar-refractivity contribution in [1.82, 2.24) is 0 Å². The summed E-state index contributed by atoms with van der Waals surface area (Å²) in [5.41, 5.74) is 0.498. The maximum Gasteiger partial charge on any atom is 0.198 e. The topological polar surface area (TPSA) is 87.1 Å². The number of epoxide rings is 1. The van der Waals surface area contributed by atoms with Crippen LogP contribution >= 0.6 is 0 Å². The van der Waals surface area contributed by atoms with Crippen LogP contribution < -0.4 is 0 Å². The molecular formula is C18H14O5. The summed E-state index contributed by atoms with van der Waals surface area (Å²) in [6, 6.07) is 7.53. The van der Waals surface area contributed by atoms with Crippen molar-refractivity contribution in [3.8, 4) is 11.5 Å². The molecule has 2 aromatic carbocycles. The van der Waals surface area contributed by atoms with Gasteiger partial charge >= 0.3 is 0 Å². The van der Waals surface area contributed by atoms with Crippen LogP contribution in [0.5, 0.6) is 11.5 Å². The lowest BCUT2D eigenvalue weighted by Crippen LogP contribution is -2.22. The Morgan fingerprint density at radius 2 is 1.70 bits per heavy atom. The van der Waals surface area contributed by atoms with Gasteiger partial charge in [-0.15, -0.1) is 0 Å². The van der Waals surface area contributed by atoms with Crippen molar-refractivity contribution in [2.24, 2.45) is 0 Å². The fourth-order valence-corrected chi connectivity index (χ4v) is 3.06. The molecule has 1 unspecified atom stereocenters. The molecule has 1 fully saturated rings. The highest BCUT2D eigenvalue weighted by Crippen LogP contribution is 2.40. The van der Waals surface area contributed by atoms with Crippen molar-refractivity contribution < 1.29 is 24.5 Å². The second-order valence-corrected chi connectivity index (χ2v) is 6.27. The van der Waals surface area contributed by atoms with Crippen molar-refractivity contribution in [2.45, 2.75) is 18.9 Å². The molecule has 23 heavy (non-hydrogen) atoms. The van der Waals surface area contributed by atoms with Crippen LogP contribution in [0.4, 0.5) is 0 Å². The van der Waals surface area contributed by atoms with E-state index in [-0.39, 0.29) is 39.4 Å². The zero-order valence-corrected chi connectivity index (χ0v) is 12.4. The standard InChI is InChI=1S/C18H14O5/c1-18(8-23-18)7-9-5-6-11-14(15(9)20)17(22)10-3-2-4-12(19)13(10)16(11)21/h2-6,19-20H,7-8H2,1H3. The number of benzene rings is 2. The molecule has 1 heterocycles. The monoisotopic (exact) mass is 310 g/mol. The third kappa shape index (κ3) is 1.97. The lowest BCUT2D eigenvalue weighted by molar-refractivity contribution is 0.0974. The number of rotatable bonds is 2. The van der Waals surface area contributed by atoms with Crippen LogP contribution in [0, 0.1) is 0 Å². The van der Waals surface area contributed by atoms with Gasteiger partial charge in [0.2, 0.25) is 0 Å². The third-order valence-corrected chi connectivity index (χ3v) is 4.45. The van der Waals surface area contributed by atoms with E-state index in [2.05, 4.69) is 0 Å². The lowest BCUT2D eigenvalue weighted by Gasteiger charge is -2.21. The molecule has 2 aliphatic rings. The zero-order chi connectivity index (χ0) is 16.4. The van der Waals surface area contributed by atoms with E-state index in [0.29, 0.717) is 18.6 Å². The Bertz CT molecular complexity index is 877. The van der Waals surface area contributed by atoms with E-state index in [4.69, 9.17) is 4.74 Å². The molecule has 1 atom stereocenters. The van der Waals surface area contributed by atoms with Gasteiger partial charge in [-0.05, 0) is 24.6 Å². The zero-order valence-electron chi connectivity index (χ0n) is 12.4. The van der Waals surface area contributed by atoms with Crippen LogP contribution in [0.25, 0.3) is 0 Å². The molecule has 0 saturated carbocycles. The van der Waals surface area contributed by atoms with Gasteiger partial charge in [-0.25, -0.2) is 0 Å². The van der Waals surface area contributed by atoms with Crippen molar-refractivity contribution >= 4 is 11.6 Å². The molecule has 0 bridgehead atoms. The SMILES string of the molecule is CC1(Cc2ccc3c(c2O)C(=O)c2cccc(O)c2C3=O)CO1. The molecule has 0 spiro atoms. The predicted octanol–water partition coefficient (Wildman–Crippen LogP) is 2.20. The summed E-state index contributed by atoms with van der Waals surface area (Å²) in [4.78, 5) is 25.3. The quantitative estimate of drug-likeness (QED) is 0.709. The Labute approximate surface area is 132 Å². The molecule has 1 aliphatic heterocycles. The third-order valence-electron chi connectivity index (χ3n) is 4.45. The van der Waals surface area contributed by atoms with E-state index in [1.54, 1.807) is 6.07 Å². The molecule has 0 aromatic heterocycles. The van der Waals surface area contributed by atoms with E-state index < -0.39 is 11.6 Å². The largest absolute Gasteiger partial charge is 0.507 e. The van der Waals surface area contributed by atoms with Gasteiger partial charge in [-0.3, -0.25) is 9.59 Å². The maximum absolute atomic E-state index is 12.7. The van der Waals surface area contributed by atoms with Gasteiger partial charge in [0.15, 0.2) is 11.6 Å². The fraction of sp³-hybridized carbons (Fsp3) is 0.222. The van der Waals surface area contributed by atoms with Crippen LogP contribution in [0.1, 0.15) is 44.3 Å². The first-order chi connectivity index (χ1) is 10.9. The number of carbonyl (C=O) groups excluding carboxylic acids is 2. The van der Waals surface area contributed by atoms with Gasteiger partial charge in [0.25, 0.3) is 0 Å². The minimum absolute atomic E-state index is 0.00496. The average Bonchev–Trinajstić information content (AvgIpc) is 3.24. The Morgan fingerprint density at radius 1 is 1.04 bits per heavy atom. The molecule has 2 aromatic rings. The van der Waals surface area contributed by atoms with E-state index in [1.807, 2.05) is 6.92 Å². The first-order valence-corrected chi connectivity index (χ1v) is 7.31. The van der Waals surface area contributed by atoms with Crippen LogP contribution in [0.3, 0.4) is 0 Å². The van der Waals surface area contributed by atoms with Crippen molar-refractivity contribution in [2.75, 3.05) is 6.61 Å². The highest BCUT2D eigenvalue weighted by atomic mass is 16.6. The van der Waals surface area contributed by atoms with Crippen LogP contribution in [-0.2, 0) is 11.2 Å². The number of aromatic hydroxyl groups is 2. The van der Waals surface area contributed by atoms with Crippen LogP contribution in [0.15, 0.2) is 30.3 Å². The molecule has 1 saturated heterocycles. The Morgan fingerprint density at radius 3 is 2.39 bits per heavy atom. The van der Waals surface area contributed by atoms with Gasteiger partial charge in [-0.1, -0.05) is 18.2 Å². The molecule has 0 amide bonds. The number of fused-ring (bicyclic) bond motifs is 2. The summed E-state index contributed by atoms with van der Waals surface area (Å²) >= 11 is 0. The smallest absolute Gasteiger partial charge is 0.198 e. The second kappa shape index (κ2) is 4.43. The lowest BCUT2D eigenvalue weighted by atomic mass is 9.81. The van der Waals surface area contributed by atoms with Gasteiger partial charge in [0.1, 0.15) is 11.5 Å². The number of hydrogen-bond acceptors (Lipinski definition) is 5. The summed E-state index contributed by atoms with van der Waals surface area (Å²) in [6.07, 6.45) is 0.473. The van der Waals surface area contributed by atoms with Crippen molar-refractivity contribution in [1.29, 1.82) is 0 Å². The summed E-state index contributed by atoms with van der Waals surface area (Å²) in [6.45, 7) is 2.53. The number of phenols is 2. The van der Waals surface area contributed by atoms with Gasteiger partial charge in [0, 0.05) is 17.5 Å². The predicted molar refractivity (Wildman–Crippen MR) is 81.1 cm³/mol. The summed E-state index contributed by atoms with van der Waals surface area (Å²) < 4.78 is 5.32. The van der Waals surface area contributed by atoms with E-state index in [9.17, 15) is 19.8 Å². The number of carbonyl (C=O) groups is 2. The van der Waals surface area contributed by atoms with E-state index >= 15 is 0 Å². The molecule has 0 radical (unpaired) electrons. The van der Waals surface area contributed by atoms with Gasteiger partial charge in [-0.2, -0.15) is 0 Å². The molecular weight excluding hydrogens is 296 g/mol. The van der Waals surface area contributed by atoms with E-state index in [1.165, 1.54) is 24.3 Å². The van der Waals surface area contributed by atoms with Crippen LogP contribution in [0.2, 0.25) is 0 Å². The van der Waals surface area contributed by atoms with Gasteiger partial charge < -0.3 is 14.9 Å². The highest BCUT2D eigenvalue weighted by Gasteiger charge is 2.41. The first kappa shape index (κ1) is 14.0. The van der Waals surface area contributed by atoms with Crippen LogP contribution in [-0.4, -0.2) is 34.0 Å².